The molecule has 11 heteroatoms. The molecule has 1 amide bonds. The number of nitriles is 1. The second-order valence-corrected chi connectivity index (χ2v) is 10.0. The molecule has 2 aliphatic rings. The molecular weight excluding hydrogens is 516 g/mol. The van der Waals surface area contributed by atoms with Crippen molar-refractivity contribution in [3.8, 4) is 28.8 Å². The lowest BCUT2D eigenvalue weighted by Crippen LogP contribution is -2.41. The molecule has 2 fully saturated rings. The van der Waals surface area contributed by atoms with Gasteiger partial charge in [-0.2, -0.15) is 14.8 Å². The standard InChI is InChI=1S/C29H25F2N7O2/c30-22-4-1-5-23(25(22)31)40-21-10-8-18(9-11-21)26-24-27(33)34-16-35-28(24)38(36-26)20-3-2-12-37(15-20)29(39)19(14-32)13-17-6-7-17/h1,4-5,8-11,13,16-17,20H,2-3,6-7,12,15H2,(H2,33,34,35)/b19-13+/t20-/m0/s1. The smallest absolute Gasteiger partial charge is 0.264 e. The van der Waals surface area contributed by atoms with E-state index in [1.807, 2.05) is 0 Å². The minimum Gasteiger partial charge on any atom is -0.454 e. The number of hydrogen-bond donors (Lipinski definition) is 1. The average molecular weight is 542 g/mol. The lowest BCUT2D eigenvalue weighted by Gasteiger charge is -2.32. The normalized spacial score (nSPS) is 17.6. The monoisotopic (exact) mass is 541 g/mol. The van der Waals surface area contributed by atoms with Crippen LogP contribution in [0.3, 0.4) is 0 Å². The third-order valence-electron chi connectivity index (χ3n) is 7.19. The number of halogens is 2. The van der Waals surface area contributed by atoms with E-state index >= 15 is 0 Å². The van der Waals surface area contributed by atoms with Gasteiger partial charge in [-0.1, -0.05) is 12.1 Å². The highest BCUT2D eigenvalue weighted by Crippen LogP contribution is 2.36. The number of nitrogens with two attached hydrogens (primary N) is 1. The Hall–Kier alpha value is -4.85. The number of fused-ring (bicyclic) bond motifs is 1. The zero-order valence-electron chi connectivity index (χ0n) is 21.4. The molecule has 4 aromatic rings. The van der Waals surface area contributed by atoms with E-state index in [9.17, 15) is 18.8 Å². The minimum absolute atomic E-state index is 0.178. The third kappa shape index (κ3) is 4.84. The number of anilines is 1. The van der Waals surface area contributed by atoms with Crippen molar-refractivity contribution in [3.63, 3.8) is 0 Å². The molecule has 3 heterocycles. The summed E-state index contributed by atoms with van der Waals surface area (Å²) < 4.78 is 34.9. The Morgan fingerprint density at radius 3 is 2.67 bits per heavy atom. The number of hydrogen-bond acceptors (Lipinski definition) is 7. The molecule has 0 bridgehead atoms. The zero-order valence-corrected chi connectivity index (χ0v) is 21.4. The van der Waals surface area contributed by atoms with E-state index in [2.05, 4.69) is 16.0 Å². The van der Waals surface area contributed by atoms with Crippen molar-refractivity contribution in [2.45, 2.75) is 31.7 Å². The topological polar surface area (TPSA) is 123 Å². The summed E-state index contributed by atoms with van der Waals surface area (Å²) in [6.07, 6.45) is 6.71. The van der Waals surface area contributed by atoms with Gasteiger partial charge < -0.3 is 15.4 Å². The summed E-state index contributed by atoms with van der Waals surface area (Å²) >= 11 is 0. The van der Waals surface area contributed by atoms with Crippen LogP contribution in [-0.4, -0.2) is 43.6 Å². The number of nitrogen functional groups attached to an aromatic ring is 1. The Morgan fingerprint density at radius 1 is 1.12 bits per heavy atom. The van der Waals surface area contributed by atoms with Crippen LogP contribution in [0.15, 0.2) is 60.4 Å². The van der Waals surface area contributed by atoms with Crippen LogP contribution >= 0.6 is 0 Å². The summed E-state index contributed by atoms with van der Waals surface area (Å²) in [5, 5.41) is 15.0. The Kier molecular flexibility index (Phi) is 6.59. The maximum absolute atomic E-state index is 14.0. The van der Waals surface area contributed by atoms with Gasteiger partial charge in [-0.05, 0) is 68.0 Å². The molecule has 2 aromatic carbocycles. The van der Waals surface area contributed by atoms with Gasteiger partial charge in [-0.15, -0.1) is 0 Å². The van der Waals surface area contributed by atoms with Crippen molar-refractivity contribution < 1.29 is 18.3 Å². The van der Waals surface area contributed by atoms with Crippen molar-refractivity contribution in [3.05, 3.63) is 72.1 Å². The summed E-state index contributed by atoms with van der Waals surface area (Å²) in [5.41, 5.74) is 8.25. The third-order valence-corrected chi connectivity index (χ3v) is 7.19. The van der Waals surface area contributed by atoms with E-state index in [0.717, 1.165) is 31.7 Å². The molecule has 0 radical (unpaired) electrons. The van der Waals surface area contributed by atoms with Crippen molar-refractivity contribution in [2.75, 3.05) is 18.8 Å². The van der Waals surface area contributed by atoms with Crippen LogP contribution in [0.5, 0.6) is 11.5 Å². The summed E-state index contributed by atoms with van der Waals surface area (Å²) in [6, 6.07) is 12.4. The number of benzene rings is 2. The number of rotatable bonds is 6. The number of carbonyl (C=O) groups is 1. The Balaban J connectivity index is 1.30. The fourth-order valence-electron chi connectivity index (χ4n) is 4.99. The first-order valence-corrected chi connectivity index (χ1v) is 13.0. The fourth-order valence-corrected chi connectivity index (χ4v) is 4.99. The molecule has 6 rings (SSSR count). The van der Waals surface area contributed by atoms with Crippen LogP contribution < -0.4 is 10.5 Å². The van der Waals surface area contributed by atoms with Gasteiger partial charge in [0.15, 0.2) is 17.2 Å². The second kappa shape index (κ2) is 10.4. The fraction of sp³-hybridized carbons (Fsp3) is 0.276. The number of ether oxygens (including phenoxy) is 1. The Morgan fingerprint density at radius 2 is 1.93 bits per heavy atom. The van der Waals surface area contributed by atoms with Crippen molar-refractivity contribution in [1.82, 2.24) is 24.6 Å². The molecule has 1 atom stereocenters. The highest BCUT2D eigenvalue weighted by atomic mass is 19.2. The summed E-state index contributed by atoms with van der Waals surface area (Å²) in [6.45, 7) is 0.949. The van der Waals surface area contributed by atoms with E-state index < -0.39 is 11.6 Å². The lowest BCUT2D eigenvalue weighted by atomic mass is 10.0. The zero-order chi connectivity index (χ0) is 27.8. The summed E-state index contributed by atoms with van der Waals surface area (Å²) in [4.78, 5) is 23.5. The van der Waals surface area contributed by atoms with Gasteiger partial charge in [0.1, 0.15) is 35.2 Å². The number of allylic oxidation sites excluding steroid dienone is 1. The average Bonchev–Trinajstić information content (AvgIpc) is 3.71. The predicted molar refractivity (Wildman–Crippen MR) is 143 cm³/mol. The van der Waals surface area contributed by atoms with Gasteiger partial charge >= 0.3 is 0 Å². The molecule has 2 aromatic heterocycles. The molecule has 1 saturated heterocycles. The molecule has 1 aliphatic carbocycles. The number of aromatic nitrogens is 4. The maximum Gasteiger partial charge on any atom is 0.264 e. The lowest BCUT2D eigenvalue weighted by molar-refractivity contribution is -0.128. The molecule has 1 aliphatic heterocycles. The van der Waals surface area contributed by atoms with E-state index in [4.69, 9.17) is 15.6 Å². The van der Waals surface area contributed by atoms with Gasteiger partial charge in [0.2, 0.25) is 5.82 Å². The van der Waals surface area contributed by atoms with Gasteiger partial charge in [0.05, 0.1) is 11.4 Å². The van der Waals surface area contributed by atoms with Crippen LogP contribution in [0.4, 0.5) is 14.6 Å². The molecule has 0 spiro atoms. The Labute approximate surface area is 228 Å². The number of carbonyl (C=O) groups excluding carboxylic acids is 1. The first-order valence-electron chi connectivity index (χ1n) is 13.0. The van der Waals surface area contributed by atoms with E-state index in [-0.39, 0.29) is 29.1 Å². The number of likely N-dealkylation sites (tertiary alicyclic amines) is 1. The predicted octanol–water partition coefficient (Wildman–Crippen LogP) is 5.17. The molecule has 0 unspecified atom stereocenters. The van der Waals surface area contributed by atoms with Crippen molar-refractivity contribution in [1.29, 1.82) is 5.26 Å². The van der Waals surface area contributed by atoms with Crippen LogP contribution in [0.2, 0.25) is 0 Å². The molecular formula is C29H25F2N7O2. The number of amides is 1. The Bertz CT molecular complexity index is 1670. The molecule has 40 heavy (non-hydrogen) atoms. The van der Waals surface area contributed by atoms with E-state index in [0.29, 0.717) is 47.0 Å². The largest absolute Gasteiger partial charge is 0.454 e. The number of piperidine rings is 1. The van der Waals surface area contributed by atoms with E-state index in [1.165, 1.54) is 18.5 Å². The first kappa shape index (κ1) is 25.4. The summed E-state index contributed by atoms with van der Waals surface area (Å²) in [7, 11) is 0. The van der Waals surface area contributed by atoms with Gasteiger partial charge in [0.25, 0.3) is 5.91 Å². The van der Waals surface area contributed by atoms with Crippen LogP contribution in [0.1, 0.15) is 31.7 Å². The highest BCUT2D eigenvalue weighted by Gasteiger charge is 2.31. The van der Waals surface area contributed by atoms with Gasteiger partial charge in [-0.25, -0.2) is 19.0 Å². The minimum atomic E-state index is -1.06. The van der Waals surface area contributed by atoms with Gasteiger partial charge in [0, 0.05) is 18.7 Å². The van der Waals surface area contributed by atoms with E-state index in [1.54, 1.807) is 39.9 Å². The van der Waals surface area contributed by atoms with Gasteiger partial charge in [-0.3, -0.25) is 4.79 Å². The molecule has 9 nitrogen and oxygen atoms in total. The van der Waals surface area contributed by atoms with Crippen LogP contribution in [-0.2, 0) is 4.79 Å². The number of nitrogens with zero attached hydrogens (tertiary/aromatic N) is 6. The summed E-state index contributed by atoms with van der Waals surface area (Å²) in [5.74, 6) is -1.63. The molecule has 2 N–H and O–H groups in total. The molecule has 202 valence electrons. The maximum atomic E-state index is 14.0. The highest BCUT2D eigenvalue weighted by molar-refractivity contribution is 5.99. The van der Waals surface area contributed by atoms with Crippen molar-refractivity contribution >= 4 is 22.8 Å². The first-order chi connectivity index (χ1) is 19.4. The molecule has 1 saturated carbocycles. The quantitative estimate of drug-likeness (QED) is 0.264. The van der Waals surface area contributed by atoms with Crippen molar-refractivity contribution in [2.24, 2.45) is 5.92 Å². The van der Waals surface area contributed by atoms with Crippen LogP contribution in [0, 0.1) is 28.9 Å². The second-order valence-electron chi connectivity index (χ2n) is 10.0. The van der Waals surface area contributed by atoms with Crippen LogP contribution in [0.25, 0.3) is 22.3 Å². The SMILES string of the molecule is N#C/C(=C\C1CC1)C(=O)N1CCC[C@H](n2nc(-c3ccc(Oc4cccc(F)c4F)cc3)c3c(N)ncnc32)C1.